The van der Waals surface area contributed by atoms with Gasteiger partial charge in [-0.15, -0.1) is 0 Å². The molecule has 2 N–H and O–H groups in total. The van der Waals surface area contributed by atoms with Crippen LogP contribution in [0.25, 0.3) is 0 Å². The molecule has 0 aromatic rings. The molecule has 0 radical (unpaired) electrons. The highest BCUT2D eigenvalue weighted by molar-refractivity contribution is 5.78. The summed E-state index contributed by atoms with van der Waals surface area (Å²) in [4.78, 5) is 11.9. The lowest BCUT2D eigenvalue weighted by Gasteiger charge is -2.25. The van der Waals surface area contributed by atoms with Gasteiger partial charge in [-0.1, -0.05) is 6.92 Å². The van der Waals surface area contributed by atoms with Crippen molar-refractivity contribution in [2.45, 2.75) is 64.1 Å². The zero-order valence-electron chi connectivity index (χ0n) is 11.8. The van der Waals surface area contributed by atoms with Gasteiger partial charge in [0, 0.05) is 18.2 Å². The monoisotopic (exact) mass is 254 g/mol. The van der Waals surface area contributed by atoms with Gasteiger partial charge < -0.3 is 15.4 Å². The normalized spacial score (nSPS) is 28.4. The molecule has 0 spiro atoms. The van der Waals surface area contributed by atoms with E-state index in [0.717, 1.165) is 25.4 Å². The van der Waals surface area contributed by atoms with Gasteiger partial charge in [-0.2, -0.15) is 0 Å². The van der Waals surface area contributed by atoms with Crippen LogP contribution in [-0.4, -0.2) is 36.7 Å². The Morgan fingerprint density at radius 3 is 2.67 bits per heavy atom. The average molecular weight is 254 g/mol. The van der Waals surface area contributed by atoms with Gasteiger partial charge in [-0.25, -0.2) is 0 Å². The minimum absolute atomic E-state index is 0.0864. The molecule has 1 heterocycles. The maximum Gasteiger partial charge on any atom is 0.234 e. The van der Waals surface area contributed by atoms with Crippen LogP contribution in [-0.2, 0) is 9.53 Å². The summed E-state index contributed by atoms with van der Waals surface area (Å²) >= 11 is 0. The zero-order chi connectivity index (χ0) is 13.2. The molecule has 0 bridgehead atoms. The van der Waals surface area contributed by atoms with E-state index in [-0.39, 0.29) is 11.4 Å². The summed E-state index contributed by atoms with van der Waals surface area (Å²) in [5.41, 5.74) is -0.110. The minimum Gasteiger partial charge on any atom is -0.376 e. The lowest BCUT2D eigenvalue weighted by molar-refractivity contribution is -0.122. The van der Waals surface area contributed by atoms with Crippen LogP contribution >= 0.6 is 0 Å². The summed E-state index contributed by atoms with van der Waals surface area (Å²) in [6.45, 7) is 7.43. The third-order valence-corrected chi connectivity index (χ3v) is 4.11. The van der Waals surface area contributed by atoms with E-state index in [9.17, 15) is 4.79 Å². The highest BCUT2D eigenvalue weighted by Gasteiger charge is 2.40. The maximum absolute atomic E-state index is 11.9. The van der Waals surface area contributed by atoms with E-state index >= 15 is 0 Å². The van der Waals surface area contributed by atoms with E-state index in [0.29, 0.717) is 18.7 Å². The van der Waals surface area contributed by atoms with Crippen molar-refractivity contribution in [2.75, 3.05) is 13.2 Å². The Labute approximate surface area is 110 Å². The smallest absolute Gasteiger partial charge is 0.234 e. The second kappa shape index (κ2) is 5.57. The summed E-state index contributed by atoms with van der Waals surface area (Å²) < 4.78 is 5.75. The van der Waals surface area contributed by atoms with Crippen molar-refractivity contribution in [1.29, 1.82) is 0 Å². The van der Waals surface area contributed by atoms with E-state index in [1.165, 1.54) is 12.8 Å². The molecule has 1 saturated carbocycles. The SMILES string of the molecule is CCC(C)(C)NC(=O)CNC1CCOC1C1CC1. The molecule has 4 heteroatoms. The molecule has 2 aliphatic rings. The van der Waals surface area contributed by atoms with Gasteiger partial charge in [-0.05, 0) is 45.4 Å². The summed E-state index contributed by atoms with van der Waals surface area (Å²) in [5.74, 6) is 0.823. The Morgan fingerprint density at radius 2 is 2.06 bits per heavy atom. The van der Waals surface area contributed by atoms with Gasteiger partial charge in [0.15, 0.2) is 0 Å². The molecule has 1 aliphatic carbocycles. The Morgan fingerprint density at radius 1 is 1.33 bits per heavy atom. The molecular formula is C14H26N2O2. The van der Waals surface area contributed by atoms with Crippen LogP contribution < -0.4 is 10.6 Å². The lowest BCUT2D eigenvalue weighted by Crippen LogP contribution is -2.49. The van der Waals surface area contributed by atoms with E-state index in [1.807, 2.05) is 0 Å². The van der Waals surface area contributed by atoms with Crippen molar-refractivity contribution in [1.82, 2.24) is 10.6 Å². The first-order valence-corrected chi connectivity index (χ1v) is 7.18. The lowest BCUT2D eigenvalue weighted by atomic mass is 10.0. The minimum atomic E-state index is -0.110. The van der Waals surface area contributed by atoms with Crippen molar-refractivity contribution in [3.63, 3.8) is 0 Å². The highest BCUT2D eigenvalue weighted by atomic mass is 16.5. The Kier molecular flexibility index (Phi) is 4.28. The molecule has 2 rings (SSSR count). The van der Waals surface area contributed by atoms with Crippen molar-refractivity contribution in [3.05, 3.63) is 0 Å². The highest BCUT2D eigenvalue weighted by Crippen LogP contribution is 2.38. The second-order valence-electron chi connectivity index (χ2n) is 6.23. The number of amides is 1. The Hall–Kier alpha value is -0.610. The molecule has 1 aliphatic heterocycles. The predicted octanol–water partition coefficient (Wildman–Crippen LogP) is 1.45. The van der Waals surface area contributed by atoms with Crippen LogP contribution in [0.15, 0.2) is 0 Å². The molecule has 2 fully saturated rings. The third kappa shape index (κ3) is 3.69. The van der Waals surface area contributed by atoms with E-state index in [4.69, 9.17) is 4.74 Å². The van der Waals surface area contributed by atoms with Crippen molar-refractivity contribution in [3.8, 4) is 0 Å². The van der Waals surface area contributed by atoms with Crippen LogP contribution in [0.1, 0.15) is 46.5 Å². The third-order valence-electron chi connectivity index (χ3n) is 4.11. The number of carbonyl (C=O) groups excluding carboxylic acids is 1. The van der Waals surface area contributed by atoms with Crippen LogP contribution in [0.3, 0.4) is 0 Å². The van der Waals surface area contributed by atoms with Crippen molar-refractivity contribution < 1.29 is 9.53 Å². The quantitative estimate of drug-likeness (QED) is 0.754. The van der Waals surface area contributed by atoms with Crippen molar-refractivity contribution >= 4 is 5.91 Å². The van der Waals surface area contributed by atoms with Gasteiger partial charge in [0.2, 0.25) is 5.91 Å². The van der Waals surface area contributed by atoms with Gasteiger partial charge in [0.05, 0.1) is 12.6 Å². The van der Waals surface area contributed by atoms with Gasteiger partial charge in [0.1, 0.15) is 0 Å². The molecule has 0 aromatic heterocycles. The number of nitrogens with one attached hydrogen (secondary N) is 2. The van der Waals surface area contributed by atoms with Crippen LogP contribution in [0.5, 0.6) is 0 Å². The van der Waals surface area contributed by atoms with Crippen LogP contribution in [0, 0.1) is 5.92 Å². The average Bonchev–Trinajstić information content (AvgIpc) is 3.05. The number of hydrogen-bond donors (Lipinski definition) is 2. The van der Waals surface area contributed by atoms with Gasteiger partial charge in [-0.3, -0.25) is 4.79 Å². The molecule has 1 saturated heterocycles. The van der Waals surface area contributed by atoms with Crippen LogP contribution in [0.4, 0.5) is 0 Å². The predicted molar refractivity (Wildman–Crippen MR) is 71.4 cm³/mol. The van der Waals surface area contributed by atoms with Crippen LogP contribution in [0.2, 0.25) is 0 Å². The molecule has 0 aromatic carbocycles. The molecule has 18 heavy (non-hydrogen) atoms. The number of ether oxygens (including phenoxy) is 1. The fraction of sp³-hybridized carbons (Fsp3) is 0.929. The maximum atomic E-state index is 11.9. The summed E-state index contributed by atoms with van der Waals surface area (Å²) in [6, 6.07) is 0.369. The molecular weight excluding hydrogens is 228 g/mol. The number of rotatable bonds is 6. The molecule has 1 amide bonds. The van der Waals surface area contributed by atoms with Crippen molar-refractivity contribution in [2.24, 2.45) is 5.92 Å². The zero-order valence-corrected chi connectivity index (χ0v) is 11.8. The number of carbonyl (C=O) groups is 1. The van der Waals surface area contributed by atoms with E-state index in [1.54, 1.807) is 0 Å². The summed E-state index contributed by atoms with van der Waals surface area (Å²) in [6.07, 6.45) is 4.90. The van der Waals surface area contributed by atoms with Gasteiger partial charge >= 0.3 is 0 Å². The summed E-state index contributed by atoms with van der Waals surface area (Å²) in [7, 11) is 0. The standard InChI is InChI=1S/C14H26N2O2/c1-4-14(2,3)16-12(17)9-15-11-7-8-18-13(11)10-5-6-10/h10-11,13,15H,4-9H2,1-3H3,(H,16,17). The fourth-order valence-corrected chi connectivity index (χ4v) is 2.45. The second-order valence-corrected chi connectivity index (χ2v) is 6.23. The topological polar surface area (TPSA) is 50.4 Å². The molecule has 4 nitrogen and oxygen atoms in total. The van der Waals surface area contributed by atoms with E-state index in [2.05, 4.69) is 31.4 Å². The van der Waals surface area contributed by atoms with Gasteiger partial charge in [0.25, 0.3) is 0 Å². The molecule has 2 atom stereocenters. The molecule has 104 valence electrons. The fourth-order valence-electron chi connectivity index (χ4n) is 2.45. The largest absolute Gasteiger partial charge is 0.376 e. The molecule has 2 unspecified atom stereocenters. The first-order chi connectivity index (χ1) is 8.52. The van der Waals surface area contributed by atoms with E-state index < -0.39 is 0 Å². The first-order valence-electron chi connectivity index (χ1n) is 7.18. The Balaban J connectivity index is 1.72. The first kappa shape index (κ1) is 13.8. The Bertz CT molecular complexity index is 300. The summed E-state index contributed by atoms with van der Waals surface area (Å²) in [5, 5.41) is 6.41. The number of hydrogen-bond acceptors (Lipinski definition) is 3.